The largest absolute Gasteiger partial charge is 0.481 e. The van der Waals surface area contributed by atoms with Gasteiger partial charge in [0.05, 0.1) is 6.42 Å². The molecule has 30 heavy (non-hydrogen) atoms. The average Bonchev–Trinajstić information content (AvgIpc) is 2.62. The smallest absolute Gasteiger partial charge is 0.303 e. The number of para-hydroxylation sites is 1. The van der Waals surface area contributed by atoms with Crippen LogP contribution in [0.3, 0.4) is 0 Å². The third-order valence-corrected chi connectivity index (χ3v) is 5.85. The minimum absolute atomic E-state index is 0.0696. The second-order valence-corrected chi connectivity index (χ2v) is 9.68. The zero-order valence-electron chi connectivity index (χ0n) is 15.7. The van der Waals surface area contributed by atoms with Gasteiger partial charge in [0.25, 0.3) is 0 Å². The van der Waals surface area contributed by atoms with E-state index in [1.165, 1.54) is 37.3 Å². The first-order chi connectivity index (χ1) is 13.8. The predicted octanol–water partition coefficient (Wildman–Crippen LogP) is 0.881. The Balaban J connectivity index is 0.000000300. The molecular weight excluding hydrogens is 483 g/mol. The van der Waals surface area contributed by atoms with Gasteiger partial charge in [0.1, 0.15) is 0 Å². The van der Waals surface area contributed by atoms with Crippen LogP contribution in [0.4, 0.5) is 11.4 Å². The molecule has 0 saturated heterocycles. The summed E-state index contributed by atoms with van der Waals surface area (Å²) in [5, 5.41) is 20.4. The molecule has 2 aromatic rings. The van der Waals surface area contributed by atoms with E-state index in [9.17, 15) is 23.2 Å². The summed E-state index contributed by atoms with van der Waals surface area (Å²) in [6.07, 6.45) is -0.273. The number of nitrogens with two attached hydrogens (primary N) is 1. The van der Waals surface area contributed by atoms with Gasteiger partial charge >= 0.3 is 94.1 Å². The van der Waals surface area contributed by atoms with E-state index in [1.807, 2.05) is 0 Å². The molecular formula is C18H20AsClN2O8. The molecule has 0 aromatic heterocycles. The Morgan fingerprint density at radius 2 is 1.77 bits per heavy atom. The summed E-state index contributed by atoms with van der Waals surface area (Å²) in [6.45, 7) is 1.18. The Morgan fingerprint density at radius 3 is 2.30 bits per heavy atom. The number of hydrogen-bond donors (Lipinski definition) is 6. The molecule has 0 bridgehead atoms. The number of anilines is 2. The van der Waals surface area contributed by atoms with E-state index in [0.717, 1.165) is 0 Å². The molecule has 0 fully saturated rings. The van der Waals surface area contributed by atoms with Crippen molar-refractivity contribution < 1.29 is 36.5 Å². The number of phenols is 1. The average molecular weight is 503 g/mol. The number of carboxylic acids is 1. The van der Waals surface area contributed by atoms with Crippen LogP contribution in [-0.4, -0.2) is 50.2 Å². The van der Waals surface area contributed by atoms with Gasteiger partial charge in [-0.05, 0) is 18.2 Å². The number of carbonyl (C=O) groups is 3. The van der Waals surface area contributed by atoms with Gasteiger partial charge in [-0.1, -0.05) is 11.6 Å². The molecule has 2 aromatic carbocycles. The molecule has 0 spiro atoms. The van der Waals surface area contributed by atoms with Gasteiger partial charge in [0.2, 0.25) is 0 Å². The van der Waals surface area contributed by atoms with Crippen molar-refractivity contribution in [2.24, 2.45) is 0 Å². The second-order valence-electron chi connectivity index (χ2n) is 5.94. The zero-order valence-corrected chi connectivity index (χ0v) is 18.3. The number of phenolic OH excluding ortho intramolecular Hbond substituents is 1. The van der Waals surface area contributed by atoms with Crippen LogP contribution < -0.4 is 15.4 Å². The summed E-state index contributed by atoms with van der Waals surface area (Å²) in [4.78, 5) is 32.6. The maximum absolute atomic E-state index is 11.5. The molecule has 0 unspecified atom stereocenters. The van der Waals surface area contributed by atoms with Crippen LogP contribution in [0.2, 0.25) is 5.02 Å². The summed E-state index contributed by atoms with van der Waals surface area (Å²) in [7, 11) is 0. The Morgan fingerprint density at radius 1 is 1.13 bits per heavy atom. The van der Waals surface area contributed by atoms with E-state index in [2.05, 4.69) is 5.32 Å². The van der Waals surface area contributed by atoms with Crippen LogP contribution in [0.1, 0.15) is 30.1 Å². The van der Waals surface area contributed by atoms with Crippen molar-refractivity contribution in [1.29, 1.82) is 0 Å². The number of rotatable bonds is 6. The van der Waals surface area contributed by atoms with Crippen molar-refractivity contribution in [1.82, 2.24) is 0 Å². The molecule has 7 N–H and O–H groups in total. The van der Waals surface area contributed by atoms with Gasteiger partial charge in [0.15, 0.2) is 5.78 Å². The summed E-state index contributed by atoms with van der Waals surface area (Å²) in [5.41, 5.74) is 5.94. The Hall–Kier alpha value is -2.78. The van der Waals surface area contributed by atoms with Crippen molar-refractivity contribution in [2.75, 3.05) is 11.1 Å². The van der Waals surface area contributed by atoms with Gasteiger partial charge in [-0.15, -0.1) is 0 Å². The van der Waals surface area contributed by atoms with Crippen LogP contribution in [0.25, 0.3) is 0 Å². The van der Waals surface area contributed by atoms with Crippen LogP contribution >= 0.6 is 11.6 Å². The second kappa shape index (κ2) is 10.8. The third kappa shape index (κ3) is 7.92. The number of aromatic hydroxyl groups is 1. The van der Waals surface area contributed by atoms with E-state index in [0.29, 0.717) is 10.7 Å². The number of nitrogens with one attached hydrogen (secondary N) is 1. The van der Waals surface area contributed by atoms with E-state index in [-0.39, 0.29) is 40.0 Å². The predicted molar refractivity (Wildman–Crippen MR) is 110 cm³/mol. The number of aliphatic carboxylic acids is 1. The van der Waals surface area contributed by atoms with Gasteiger partial charge in [-0.3, -0.25) is 9.59 Å². The van der Waals surface area contributed by atoms with E-state index in [1.54, 1.807) is 6.07 Å². The number of carbonyl (C=O) groups excluding carboxylic acids is 2. The normalized spacial score (nSPS) is 10.5. The topological polar surface area (TPSA) is 187 Å². The Bertz CT molecular complexity index is 1010. The van der Waals surface area contributed by atoms with Crippen LogP contribution in [0, 0.1) is 0 Å². The molecule has 12 heteroatoms. The number of Topliss-reactive ketones (excluding diaryl/α,β-unsaturated/α-hetero) is 1. The van der Waals surface area contributed by atoms with E-state index in [4.69, 9.17) is 30.6 Å². The maximum atomic E-state index is 11.5. The first kappa shape index (κ1) is 25.3. The van der Waals surface area contributed by atoms with Crippen molar-refractivity contribution in [3.8, 4) is 5.75 Å². The number of halogens is 1. The molecule has 10 nitrogen and oxygen atoms in total. The molecule has 0 aliphatic heterocycles. The molecule has 0 radical (unpaired) electrons. The number of carboxylic acid groups (broad SMARTS) is 1. The summed E-state index contributed by atoms with van der Waals surface area (Å²) < 4.78 is 28.8. The number of hydrogen-bond acceptors (Lipinski definition) is 6. The maximum Gasteiger partial charge on any atom is 0.303 e. The van der Waals surface area contributed by atoms with Gasteiger partial charge in [-0.2, -0.15) is 0 Å². The van der Waals surface area contributed by atoms with Gasteiger partial charge < -0.3 is 10.8 Å². The van der Waals surface area contributed by atoms with Crippen LogP contribution in [0.5, 0.6) is 5.75 Å². The van der Waals surface area contributed by atoms with Crippen LogP contribution in [-0.2, 0) is 13.3 Å². The van der Waals surface area contributed by atoms with Crippen LogP contribution in [0.15, 0.2) is 36.4 Å². The minimum Gasteiger partial charge on any atom is -0.481 e. The van der Waals surface area contributed by atoms with Gasteiger partial charge in [-0.25, -0.2) is 0 Å². The minimum atomic E-state index is -5.14. The fraction of sp³-hybridized carbons (Fsp3) is 0.167. The number of ketones is 1. The Labute approximate surface area is 179 Å². The first-order valence-corrected chi connectivity index (χ1v) is 12.0. The monoisotopic (exact) mass is 502 g/mol. The van der Waals surface area contributed by atoms with Crippen molar-refractivity contribution in [2.45, 2.75) is 19.8 Å². The van der Waals surface area contributed by atoms with Crippen molar-refractivity contribution in [3.05, 3.63) is 47.0 Å². The molecule has 2 rings (SSSR count). The van der Waals surface area contributed by atoms with Crippen molar-refractivity contribution in [3.63, 3.8) is 0 Å². The quantitative estimate of drug-likeness (QED) is 0.144. The SMILES string of the molecule is CC(=O)Nc1c(O)cccc1[As](=O)(O)O.Nc1ccc(Cl)cc1C(=O)CCC(=O)O. The van der Waals surface area contributed by atoms with Gasteiger partial charge in [0, 0.05) is 22.7 Å². The molecule has 162 valence electrons. The molecule has 0 aliphatic rings. The third-order valence-electron chi connectivity index (χ3n) is 3.52. The molecule has 1 amide bonds. The standard InChI is InChI=1S/C10H10ClNO3.C8H10AsNO5/c11-6-1-2-8(12)7(5-6)9(13)3-4-10(14)15;1-5(11)10-8-6(9(13,14)15)3-2-4-7(8)12/h1-2,5H,3-4,12H2,(H,14,15);2-4,12H,1H3,(H,10,11)(H2,13,14,15). The molecule has 0 saturated carbocycles. The molecule has 0 atom stereocenters. The fourth-order valence-electron chi connectivity index (χ4n) is 2.20. The Kier molecular flexibility index (Phi) is 9.13. The van der Waals surface area contributed by atoms with E-state index >= 15 is 0 Å². The molecule has 0 heterocycles. The number of nitrogen functional groups attached to an aromatic ring is 1. The fourth-order valence-corrected chi connectivity index (χ4v) is 3.93. The number of amides is 1. The summed E-state index contributed by atoms with van der Waals surface area (Å²) in [5.74, 6) is -2.20. The number of benzene rings is 2. The summed E-state index contributed by atoms with van der Waals surface area (Å²) in [6, 6.07) is 8.25. The summed E-state index contributed by atoms with van der Waals surface area (Å²) >= 11 is 0.558. The van der Waals surface area contributed by atoms with E-state index < -0.39 is 26.0 Å². The zero-order chi connectivity index (χ0) is 23.1. The first-order valence-electron chi connectivity index (χ1n) is 8.28. The van der Waals surface area contributed by atoms with Crippen molar-refractivity contribution >= 4 is 59.2 Å². The molecule has 0 aliphatic carbocycles.